The third kappa shape index (κ3) is 6.08. The fourth-order valence-corrected chi connectivity index (χ4v) is 4.54. The highest BCUT2D eigenvalue weighted by Gasteiger charge is 2.35. The molecule has 11 nitrogen and oxygen atoms in total. The SMILES string of the molecule is CN1CCC(OC(=O)Nc2ccnc(N3CC[C@@H](F)[C@@H](N(C)C(=O)Nc4nccs4)C3)n2)CC1. The Morgan fingerprint density at radius 3 is 2.71 bits per heavy atom. The maximum Gasteiger partial charge on any atom is 0.413 e. The van der Waals surface area contributed by atoms with Crippen LogP contribution in [0.3, 0.4) is 0 Å². The second-order valence-electron chi connectivity index (χ2n) is 8.47. The zero-order chi connectivity index (χ0) is 24.1. The molecule has 0 unspecified atom stereocenters. The molecule has 0 spiro atoms. The number of urea groups is 1. The highest BCUT2D eigenvalue weighted by molar-refractivity contribution is 7.13. The molecule has 4 rings (SSSR count). The Bertz CT molecular complexity index is 973. The summed E-state index contributed by atoms with van der Waals surface area (Å²) < 4.78 is 20.3. The number of anilines is 3. The van der Waals surface area contributed by atoms with Crippen LogP contribution in [0.4, 0.5) is 30.9 Å². The van der Waals surface area contributed by atoms with E-state index in [9.17, 15) is 14.0 Å². The first-order valence-corrected chi connectivity index (χ1v) is 12.1. The van der Waals surface area contributed by atoms with Crippen LogP contribution in [-0.2, 0) is 4.74 Å². The number of carbonyl (C=O) groups is 2. The molecule has 3 amide bonds. The number of aromatic nitrogens is 3. The van der Waals surface area contributed by atoms with Crippen LogP contribution in [0.25, 0.3) is 0 Å². The molecular weight excluding hydrogens is 463 g/mol. The lowest BCUT2D eigenvalue weighted by atomic mass is 10.0. The minimum absolute atomic E-state index is 0.118. The molecule has 2 saturated heterocycles. The number of rotatable bonds is 5. The van der Waals surface area contributed by atoms with Crippen LogP contribution in [0.2, 0.25) is 0 Å². The van der Waals surface area contributed by atoms with Crippen molar-refractivity contribution >= 4 is 40.4 Å². The number of amides is 3. The normalized spacial score (nSPS) is 21.7. The smallest absolute Gasteiger partial charge is 0.413 e. The van der Waals surface area contributed by atoms with E-state index in [0.717, 1.165) is 25.9 Å². The molecule has 2 fully saturated rings. The monoisotopic (exact) mass is 492 g/mol. The third-order valence-corrected chi connectivity index (χ3v) is 6.75. The largest absolute Gasteiger partial charge is 0.446 e. The number of nitrogens with one attached hydrogen (secondary N) is 2. The minimum atomic E-state index is -1.19. The summed E-state index contributed by atoms with van der Waals surface area (Å²) in [6.07, 6.45) is 3.06. The summed E-state index contributed by atoms with van der Waals surface area (Å²) >= 11 is 1.29. The Morgan fingerprint density at radius 1 is 1.18 bits per heavy atom. The van der Waals surface area contributed by atoms with Gasteiger partial charge in [0.05, 0.1) is 6.04 Å². The van der Waals surface area contributed by atoms with Gasteiger partial charge in [-0.05, 0) is 32.4 Å². The number of hydrogen-bond donors (Lipinski definition) is 2. The molecule has 0 radical (unpaired) electrons. The number of ether oxygens (including phenoxy) is 1. The maximum atomic E-state index is 14.7. The highest BCUT2D eigenvalue weighted by Crippen LogP contribution is 2.24. The van der Waals surface area contributed by atoms with Gasteiger partial charge in [-0.2, -0.15) is 4.98 Å². The van der Waals surface area contributed by atoms with Gasteiger partial charge in [-0.15, -0.1) is 11.3 Å². The van der Waals surface area contributed by atoms with Crippen molar-refractivity contribution in [2.24, 2.45) is 0 Å². The molecule has 2 aliphatic heterocycles. The van der Waals surface area contributed by atoms with E-state index in [1.807, 2.05) is 7.05 Å². The second-order valence-corrected chi connectivity index (χ2v) is 9.37. The first-order valence-electron chi connectivity index (χ1n) is 11.2. The van der Waals surface area contributed by atoms with E-state index < -0.39 is 24.3 Å². The van der Waals surface area contributed by atoms with E-state index in [0.29, 0.717) is 23.4 Å². The van der Waals surface area contributed by atoms with Gasteiger partial charge in [-0.1, -0.05) is 0 Å². The minimum Gasteiger partial charge on any atom is -0.446 e. The maximum absolute atomic E-state index is 14.7. The molecule has 2 aromatic rings. The molecule has 13 heteroatoms. The first-order chi connectivity index (χ1) is 16.4. The number of alkyl halides is 1. The van der Waals surface area contributed by atoms with Gasteiger partial charge >= 0.3 is 12.1 Å². The van der Waals surface area contributed by atoms with Crippen LogP contribution in [0.5, 0.6) is 0 Å². The molecular formula is C21H29FN8O3S. The van der Waals surface area contributed by atoms with Crippen molar-refractivity contribution in [3.8, 4) is 0 Å². The number of hydrogen-bond acceptors (Lipinski definition) is 9. The number of likely N-dealkylation sites (N-methyl/N-ethyl adjacent to an activating group) is 1. The molecule has 2 N–H and O–H groups in total. The van der Waals surface area contributed by atoms with Crippen molar-refractivity contribution in [1.29, 1.82) is 0 Å². The standard InChI is InChI=1S/C21H29FN8O3S/c1-28-9-4-14(5-10-28)33-21(32)26-17-3-7-23-18(25-17)30-11-6-15(22)16(13-30)29(2)20(31)27-19-24-8-12-34-19/h3,7-8,12,14-16H,4-6,9-11,13H2,1-2H3,(H,24,27,31)(H,23,25,26,32)/t15-,16+/m1/s1. The van der Waals surface area contributed by atoms with Gasteiger partial charge in [-0.25, -0.2) is 23.9 Å². The Kier molecular flexibility index (Phi) is 7.73. The molecule has 2 aromatic heterocycles. The summed E-state index contributed by atoms with van der Waals surface area (Å²) in [5, 5.41) is 7.53. The van der Waals surface area contributed by atoms with Crippen molar-refractivity contribution in [3.63, 3.8) is 0 Å². The molecule has 184 valence electrons. The first kappa shape index (κ1) is 24.1. The van der Waals surface area contributed by atoms with Gasteiger partial charge in [0.15, 0.2) is 5.13 Å². The summed E-state index contributed by atoms with van der Waals surface area (Å²) in [6.45, 7) is 2.38. The number of nitrogens with zero attached hydrogens (tertiary/aromatic N) is 6. The zero-order valence-corrected chi connectivity index (χ0v) is 20.0. The summed E-state index contributed by atoms with van der Waals surface area (Å²) in [7, 11) is 3.60. The lowest BCUT2D eigenvalue weighted by Crippen LogP contribution is -2.55. The number of piperidine rings is 2. The van der Waals surface area contributed by atoms with Gasteiger partial charge in [0, 0.05) is 51.0 Å². The Morgan fingerprint density at radius 2 is 1.97 bits per heavy atom. The van der Waals surface area contributed by atoms with Crippen LogP contribution in [-0.4, -0.2) is 95.5 Å². The summed E-state index contributed by atoms with van der Waals surface area (Å²) in [6, 6.07) is 0.451. The zero-order valence-electron chi connectivity index (χ0n) is 19.2. The molecule has 4 heterocycles. The lowest BCUT2D eigenvalue weighted by Gasteiger charge is -2.39. The van der Waals surface area contributed by atoms with Crippen LogP contribution in [0.15, 0.2) is 23.8 Å². The topological polar surface area (TPSA) is 116 Å². The summed E-state index contributed by atoms with van der Waals surface area (Å²) in [5.74, 6) is 0.652. The second kappa shape index (κ2) is 10.9. The average Bonchev–Trinajstić information content (AvgIpc) is 3.33. The molecule has 0 aliphatic carbocycles. The van der Waals surface area contributed by atoms with Crippen molar-refractivity contribution < 1.29 is 18.7 Å². The van der Waals surface area contributed by atoms with Gasteiger partial charge in [0.25, 0.3) is 0 Å². The molecule has 0 aromatic carbocycles. The van der Waals surface area contributed by atoms with Crippen molar-refractivity contribution in [3.05, 3.63) is 23.8 Å². The molecule has 0 bridgehead atoms. The number of halogens is 1. The third-order valence-electron chi connectivity index (χ3n) is 6.06. The van der Waals surface area contributed by atoms with Crippen LogP contribution < -0.4 is 15.5 Å². The predicted molar refractivity (Wildman–Crippen MR) is 127 cm³/mol. The van der Waals surface area contributed by atoms with Crippen LogP contribution in [0, 0.1) is 0 Å². The van der Waals surface area contributed by atoms with E-state index in [1.54, 1.807) is 29.6 Å². The number of likely N-dealkylation sites (tertiary alicyclic amines) is 1. The van der Waals surface area contributed by atoms with E-state index >= 15 is 0 Å². The van der Waals surface area contributed by atoms with Crippen molar-refractivity contribution in [2.75, 3.05) is 55.8 Å². The molecule has 0 saturated carbocycles. The Balaban J connectivity index is 1.35. The van der Waals surface area contributed by atoms with E-state index in [4.69, 9.17) is 4.74 Å². The quantitative estimate of drug-likeness (QED) is 0.655. The fourth-order valence-electron chi connectivity index (χ4n) is 4.02. The van der Waals surface area contributed by atoms with Gasteiger partial charge < -0.3 is 19.4 Å². The highest BCUT2D eigenvalue weighted by atomic mass is 32.1. The van der Waals surface area contributed by atoms with E-state index in [-0.39, 0.29) is 19.1 Å². The van der Waals surface area contributed by atoms with E-state index in [2.05, 4.69) is 30.5 Å². The number of thiazole rings is 1. The fraction of sp³-hybridized carbons (Fsp3) is 0.571. The Labute approximate surface area is 201 Å². The van der Waals surface area contributed by atoms with Gasteiger partial charge in [0.1, 0.15) is 18.1 Å². The summed E-state index contributed by atoms with van der Waals surface area (Å²) in [4.78, 5) is 42.9. The molecule has 34 heavy (non-hydrogen) atoms. The summed E-state index contributed by atoms with van der Waals surface area (Å²) in [5.41, 5.74) is 0. The van der Waals surface area contributed by atoms with Crippen molar-refractivity contribution in [1.82, 2.24) is 24.8 Å². The van der Waals surface area contributed by atoms with Crippen LogP contribution >= 0.6 is 11.3 Å². The van der Waals surface area contributed by atoms with Crippen LogP contribution in [0.1, 0.15) is 19.3 Å². The number of carbonyl (C=O) groups excluding carboxylic acids is 2. The van der Waals surface area contributed by atoms with E-state index in [1.165, 1.54) is 22.4 Å². The average molecular weight is 493 g/mol. The molecule has 2 atom stereocenters. The predicted octanol–water partition coefficient (Wildman–Crippen LogP) is 2.66. The van der Waals surface area contributed by atoms with Gasteiger partial charge in [0.2, 0.25) is 5.95 Å². The Hall–Kier alpha value is -3.06. The lowest BCUT2D eigenvalue weighted by molar-refractivity contribution is 0.0661. The van der Waals surface area contributed by atoms with Gasteiger partial charge in [-0.3, -0.25) is 10.6 Å². The molecule has 2 aliphatic rings. The van der Waals surface area contributed by atoms with Crippen molar-refractivity contribution in [2.45, 2.75) is 37.6 Å².